The summed E-state index contributed by atoms with van der Waals surface area (Å²) in [6.07, 6.45) is -3.15. The summed E-state index contributed by atoms with van der Waals surface area (Å²) in [5, 5.41) is 2.82. The number of anilines is 1. The minimum Gasteiger partial charge on any atom is -0.496 e. The van der Waals surface area contributed by atoms with E-state index in [0.717, 1.165) is 6.08 Å². The zero-order valence-corrected chi connectivity index (χ0v) is 19.2. The van der Waals surface area contributed by atoms with Crippen molar-refractivity contribution in [1.82, 2.24) is 14.8 Å². The molecule has 2 aromatic rings. The van der Waals surface area contributed by atoms with Gasteiger partial charge in [-0.1, -0.05) is 6.08 Å². The summed E-state index contributed by atoms with van der Waals surface area (Å²) < 4.78 is 60.6. The number of rotatable bonds is 5. The van der Waals surface area contributed by atoms with Crippen LogP contribution in [0.15, 0.2) is 24.3 Å². The van der Waals surface area contributed by atoms with Gasteiger partial charge in [0, 0.05) is 68.6 Å². The molecule has 1 aliphatic heterocycles. The smallest absolute Gasteiger partial charge is 0.416 e. The summed E-state index contributed by atoms with van der Waals surface area (Å²) >= 11 is 0. The van der Waals surface area contributed by atoms with Crippen LogP contribution in [-0.4, -0.2) is 74.3 Å². The summed E-state index contributed by atoms with van der Waals surface area (Å²) in [7, 11) is 4.94. The number of hydrogen-bond donors (Lipinski definition) is 1. The molecule has 0 saturated carbocycles. The lowest BCUT2D eigenvalue weighted by atomic mass is 10.0. The standard InChI is InChI=1S/C24H26F4N4O2/c1-29-20-12-15(30-19-5-4-17(22(19)20)24(26,27)28)10-14-11-18(25)16(13-21(14)34-3)23(33)32-8-6-31(2)7-9-32/h4,11-13H,5-10H2,1-3H3,(H,29,30). The number of carbonyl (C=O) groups is 1. The van der Waals surface area contributed by atoms with E-state index in [4.69, 9.17) is 4.74 Å². The van der Waals surface area contributed by atoms with Crippen LogP contribution in [0, 0.1) is 5.82 Å². The molecule has 0 bridgehead atoms. The molecule has 4 rings (SSSR count). The fraction of sp³-hybridized carbons (Fsp3) is 0.417. The van der Waals surface area contributed by atoms with E-state index in [1.54, 1.807) is 11.9 Å². The lowest BCUT2D eigenvalue weighted by Gasteiger charge is -2.32. The van der Waals surface area contributed by atoms with Crippen LogP contribution in [0.4, 0.5) is 23.2 Å². The summed E-state index contributed by atoms with van der Waals surface area (Å²) in [5.41, 5.74) is 0.813. The number of carbonyl (C=O) groups excluding carboxylic acids is 1. The van der Waals surface area contributed by atoms with Crippen LogP contribution < -0.4 is 10.1 Å². The Morgan fingerprint density at radius 2 is 1.88 bits per heavy atom. The lowest BCUT2D eigenvalue weighted by Crippen LogP contribution is -2.47. The Labute approximate surface area is 195 Å². The fourth-order valence-electron chi connectivity index (χ4n) is 4.41. The number of piperazine rings is 1. The molecule has 1 saturated heterocycles. The van der Waals surface area contributed by atoms with Gasteiger partial charge >= 0.3 is 6.18 Å². The van der Waals surface area contributed by atoms with Crippen LogP contribution in [0.5, 0.6) is 5.75 Å². The molecule has 0 radical (unpaired) electrons. The Hall–Kier alpha value is -3.14. The first kappa shape index (κ1) is 24.0. The molecule has 0 spiro atoms. The summed E-state index contributed by atoms with van der Waals surface area (Å²) in [5.74, 6) is -0.744. The molecule has 6 nitrogen and oxygen atoms in total. The SMILES string of the molecule is CNc1cc(Cc2cc(F)c(C(=O)N3CCN(C)CC3)cc2OC)nc2c1C(C(F)(F)F)=CC2. The van der Waals surface area contributed by atoms with Gasteiger partial charge in [0.15, 0.2) is 0 Å². The first-order valence-electron chi connectivity index (χ1n) is 10.9. The number of alkyl halides is 3. The van der Waals surface area contributed by atoms with E-state index >= 15 is 4.39 Å². The van der Waals surface area contributed by atoms with E-state index in [1.807, 2.05) is 7.05 Å². The largest absolute Gasteiger partial charge is 0.496 e. The first-order chi connectivity index (χ1) is 16.1. The van der Waals surface area contributed by atoms with Crippen molar-refractivity contribution in [2.24, 2.45) is 0 Å². The molecule has 1 aromatic heterocycles. The molecule has 2 heterocycles. The second kappa shape index (κ2) is 9.25. The highest BCUT2D eigenvalue weighted by atomic mass is 19.4. The molecule has 1 aliphatic carbocycles. The number of halogens is 4. The number of aromatic nitrogens is 1. The van der Waals surface area contributed by atoms with E-state index in [-0.39, 0.29) is 24.0 Å². The van der Waals surface area contributed by atoms with Crippen LogP contribution in [0.2, 0.25) is 0 Å². The van der Waals surface area contributed by atoms with Gasteiger partial charge in [-0.3, -0.25) is 9.78 Å². The molecular weight excluding hydrogens is 452 g/mol. The third-order valence-electron chi connectivity index (χ3n) is 6.25. The highest BCUT2D eigenvalue weighted by molar-refractivity contribution is 5.95. The molecule has 182 valence electrons. The zero-order chi connectivity index (χ0) is 24.6. The maximum atomic E-state index is 15.0. The summed E-state index contributed by atoms with van der Waals surface area (Å²) in [4.78, 5) is 21.0. The van der Waals surface area contributed by atoms with E-state index in [1.165, 1.54) is 25.3 Å². The van der Waals surface area contributed by atoms with Gasteiger partial charge in [0.2, 0.25) is 0 Å². The van der Waals surface area contributed by atoms with Crippen molar-refractivity contribution in [3.63, 3.8) is 0 Å². The van der Waals surface area contributed by atoms with Crippen LogP contribution in [0.1, 0.15) is 32.9 Å². The van der Waals surface area contributed by atoms with E-state index < -0.39 is 23.5 Å². The van der Waals surface area contributed by atoms with Crippen LogP contribution >= 0.6 is 0 Å². The second-order valence-electron chi connectivity index (χ2n) is 8.47. The van der Waals surface area contributed by atoms with E-state index in [9.17, 15) is 18.0 Å². The summed E-state index contributed by atoms with van der Waals surface area (Å²) in [6.45, 7) is 2.45. The number of methoxy groups -OCH3 is 1. The number of allylic oxidation sites excluding steroid dienone is 2. The number of nitrogens with one attached hydrogen (secondary N) is 1. The molecule has 1 N–H and O–H groups in total. The highest BCUT2D eigenvalue weighted by Gasteiger charge is 2.40. The van der Waals surface area contributed by atoms with Crippen molar-refractivity contribution in [3.05, 3.63) is 58.2 Å². The second-order valence-corrected chi connectivity index (χ2v) is 8.47. The number of hydrogen-bond acceptors (Lipinski definition) is 5. The van der Waals surface area contributed by atoms with Crippen molar-refractivity contribution in [3.8, 4) is 5.75 Å². The van der Waals surface area contributed by atoms with Crippen LogP contribution in [0.3, 0.4) is 0 Å². The number of ether oxygens (including phenoxy) is 1. The van der Waals surface area contributed by atoms with Gasteiger partial charge < -0.3 is 19.9 Å². The molecule has 0 unspecified atom stereocenters. The van der Waals surface area contributed by atoms with Gasteiger partial charge in [0.1, 0.15) is 11.6 Å². The van der Waals surface area contributed by atoms with Crippen molar-refractivity contribution in [1.29, 1.82) is 0 Å². The number of amides is 1. The van der Waals surface area contributed by atoms with Crippen molar-refractivity contribution >= 4 is 17.2 Å². The van der Waals surface area contributed by atoms with Crippen molar-refractivity contribution in [2.45, 2.75) is 19.0 Å². The van der Waals surface area contributed by atoms with Gasteiger partial charge in [-0.25, -0.2) is 4.39 Å². The number of likely N-dealkylation sites (N-methyl/N-ethyl adjacent to an activating group) is 1. The average Bonchev–Trinajstić information content (AvgIpc) is 3.23. The topological polar surface area (TPSA) is 57.7 Å². The first-order valence-corrected chi connectivity index (χ1v) is 10.9. The van der Waals surface area contributed by atoms with E-state index in [0.29, 0.717) is 54.6 Å². The monoisotopic (exact) mass is 478 g/mol. The lowest BCUT2D eigenvalue weighted by molar-refractivity contribution is -0.0687. The van der Waals surface area contributed by atoms with Crippen LogP contribution in [0.25, 0.3) is 5.57 Å². The molecule has 34 heavy (non-hydrogen) atoms. The Balaban J connectivity index is 1.63. The number of pyridine rings is 1. The average molecular weight is 478 g/mol. The predicted molar refractivity (Wildman–Crippen MR) is 121 cm³/mol. The molecular formula is C24H26F4N4O2. The molecule has 1 amide bonds. The molecule has 1 fully saturated rings. The van der Waals surface area contributed by atoms with Gasteiger partial charge in [0.05, 0.1) is 23.9 Å². The Morgan fingerprint density at radius 3 is 2.50 bits per heavy atom. The van der Waals surface area contributed by atoms with Gasteiger partial charge in [-0.2, -0.15) is 13.2 Å². The molecule has 0 atom stereocenters. The van der Waals surface area contributed by atoms with Gasteiger partial charge in [-0.15, -0.1) is 0 Å². The fourth-order valence-corrected chi connectivity index (χ4v) is 4.41. The third kappa shape index (κ3) is 4.59. The molecule has 10 heteroatoms. The van der Waals surface area contributed by atoms with Crippen LogP contribution in [-0.2, 0) is 12.8 Å². The van der Waals surface area contributed by atoms with Gasteiger partial charge in [-0.05, 0) is 25.2 Å². The Bertz CT molecular complexity index is 1140. The normalized spacial score (nSPS) is 16.3. The molecule has 1 aromatic carbocycles. The third-order valence-corrected chi connectivity index (χ3v) is 6.25. The molecule has 2 aliphatic rings. The minimum absolute atomic E-state index is 0.0463. The Kier molecular flexibility index (Phi) is 6.53. The maximum absolute atomic E-state index is 15.0. The van der Waals surface area contributed by atoms with Crippen molar-refractivity contribution in [2.75, 3.05) is 52.7 Å². The summed E-state index contributed by atoms with van der Waals surface area (Å²) in [6, 6.07) is 4.17. The number of nitrogens with zero attached hydrogens (tertiary/aromatic N) is 3. The minimum atomic E-state index is -4.47. The number of fused-ring (bicyclic) bond motifs is 1. The zero-order valence-electron chi connectivity index (χ0n) is 19.2. The van der Waals surface area contributed by atoms with E-state index in [2.05, 4.69) is 15.2 Å². The van der Waals surface area contributed by atoms with Gasteiger partial charge in [0.25, 0.3) is 5.91 Å². The maximum Gasteiger partial charge on any atom is 0.416 e. The van der Waals surface area contributed by atoms with Crippen molar-refractivity contribution < 1.29 is 27.1 Å². The quantitative estimate of drug-likeness (QED) is 0.664. The Morgan fingerprint density at radius 1 is 1.18 bits per heavy atom. The highest BCUT2D eigenvalue weighted by Crippen LogP contribution is 2.43. The predicted octanol–water partition coefficient (Wildman–Crippen LogP) is 3.75. The number of benzene rings is 1.